The van der Waals surface area contributed by atoms with Gasteiger partial charge in [-0.15, -0.1) is 0 Å². The molecule has 2 rings (SSSR count). The molecule has 17 heavy (non-hydrogen) atoms. The summed E-state index contributed by atoms with van der Waals surface area (Å²) in [5.74, 6) is 1.02. The second-order valence-electron chi connectivity index (χ2n) is 5.09. The van der Waals surface area contributed by atoms with Crippen molar-refractivity contribution in [3.8, 4) is 5.75 Å². The Morgan fingerprint density at radius 1 is 1.41 bits per heavy atom. The van der Waals surface area contributed by atoms with Gasteiger partial charge >= 0.3 is 0 Å². The fourth-order valence-corrected chi connectivity index (χ4v) is 1.88. The van der Waals surface area contributed by atoms with Crippen LogP contribution in [-0.4, -0.2) is 25.4 Å². The Bertz CT molecular complexity index is 401. The van der Waals surface area contributed by atoms with E-state index >= 15 is 0 Å². The smallest absolute Gasteiger partial charge is 0.122 e. The van der Waals surface area contributed by atoms with Gasteiger partial charge in [0.15, 0.2) is 0 Å². The molecule has 1 aliphatic heterocycles. The van der Waals surface area contributed by atoms with E-state index in [0.29, 0.717) is 0 Å². The molecule has 1 unspecified atom stereocenters. The van der Waals surface area contributed by atoms with E-state index in [0.717, 1.165) is 24.5 Å². The number of anilines is 1. The molecular weight excluding hydrogens is 214 g/mol. The number of ether oxygens (including phenoxy) is 2. The largest absolute Gasteiger partial charge is 0.493 e. The van der Waals surface area contributed by atoms with Crippen LogP contribution >= 0.6 is 0 Å². The number of rotatable bonds is 4. The van der Waals surface area contributed by atoms with Gasteiger partial charge in [-0.3, -0.25) is 0 Å². The molecule has 0 bridgehead atoms. The van der Waals surface area contributed by atoms with Crippen LogP contribution in [0.15, 0.2) is 18.2 Å². The zero-order chi connectivity index (χ0) is 12.5. The van der Waals surface area contributed by atoms with Crippen molar-refractivity contribution in [2.75, 3.05) is 19.0 Å². The van der Waals surface area contributed by atoms with Gasteiger partial charge in [0.25, 0.3) is 0 Å². The minimum Gasteiger partial charge on any atom is -0.493 e. The molecule has 94 valence electrons. The van der Waals surface area contributed by atoms with Gasteiger partial charge in [0.2, 0.25) is 0 Å². The van der Waals surface area contributed by atoms with Crippen molar-refractivity contribution >= 4 is 5.69 Å². The quantitative estimate of drug-likeness (QED) is 0.870. The van der Waals surface area contributed by atoms with Gasteiger partial charge in [0, 0.05) is 19.2 Å². The molecule has 3 heteroatoms. The van der Waals surface area contributed by atoms with Crippen LogP contribution in [0, 0.1) is 0 Å². The van der Waals surface area contributed by atoms with Gasteiger partial charge < -0.3 is 14.8 Å². The summed E-state index contributed by atoms with van der Waals surface area (Å²) >= 11 is 0. The van der Waals surface area contributed by atoms with E-state index in [9.17, 15) is 0 Å². The van der Waals surface area contributed by atoms with Gasteiger partial charge in [-0.25, -0.2) is 0 Å². The third-order valence-electron chi connectivity index (χ3n) is 3.64. The van der Waals surface area contributed by atoms with Crippen molar-refractivity contribution in [2.45, 2.75) is 38.8 Å². The molecule has 0 amide bonds. The lowest BCUT2D eigenvalue weighted by Crippen LogP contribution is -2.41. The summed E-state index contributed by atoms with van der Waals surface area (Å²) in [6.07, 6.45) is 1.01. The van der Waals surface area contributed by atoms with E-state index in [1.54, 1.807) is 7.11 Å². The molecule has 1 N–H and O–H groups in total. The van der Waals surface area contributed by atoms with E-state index < -0.39 is 0 Å². The van der Waals surface area contributed by atoms with Gasteiger partial charge in [-0.2, -0.15) is 0 Å². The highest BCUT2D eigenvalue weighted by molar-refractivity contribution is 5.53. The maximum atomic E-state index is 5.49. The Labute approximate surface area is 103 Å². The fraction of sp³-hybridized carbons (Fsp3) is 0.571. The molecule has 1 atom stereocenters. The Morgan fingerprint density at radius 3 is 2.88 bits per heavy atom. The summed E-state index contributed by atoms with van der Waals surface area (Å²) in [5.41, 5.74) is 2.24. The lowest BCUT2D eigenvalue weighted by molar-refractivity contribution is 0.0107. The van der Waals surface area contributed by atoms with Gasteiger partial charge in [-0.05, 0) is 44.5 Å². The minimum absolute atomic E-state index is 0.185. The molecular formula is C14H21NO2. The molecule has 1 aliphatic rings. The third kappa shape index (κ3) is 2.55. The Hall–Kier alpha value is -1.22. The highest BCUT2D eigenvalue weighted by atomic mass is 16.5. The van der Waals surface area contributed by atoms with Crippen molar-refractivity contribution in [3.05, 3.63) is 23.8 Å². The first kappa shape index (κ1) is 12.2. The first-order valence-corrected chi connectivity index (χ1v) is 6.10. The van der Waals surface area contributed by atoms with Crippen molar-refractivity contribution in [1.82, 2.24) is 0 Å². The Morgan fingerprint density at radius 2 is 2.18 bits per heavy atom. The predicted octanol–water partition coefficient (Wildman–Crippen LogP) is 2.85. The van der Waals surface area contributed by atoms with Crippen LogP contribution in [0.1, 0.15) is 26.3 Å². The van der Waals surface area contributed by atoms with E-state index in [2.05, 4.69) is 38.2 Å². The van der Waals surface area contributed by atoms with E-state index in [4.69, 9.17) is 9.47 Å². The molecule has 1 heterocycles. The SMILES string of the molecule is COC(C)(C)C(C)Nc1ccc2c(c1)CCO2. The van der Waals surface area contributed by atoms with Crippen LogP contribution in [0.4, 0.5) is 5.69 Å². The normalized spacial score (nSPS) is 16.2. The van der Waals surface area contributed by atoms with Gasteiger partial charge in [0.1, 0.15) is 5.75 Å². The average Bonchev–Trinajstić information content (AvgIpc) is 2.76. The second kappa shape index (κ2) is 4.57. The summed E-state index contributed by atoms with van der Waals surface area (Å²) in [7, 11) is 1.74. The Balaban J connectivity index is 2.09. The standard InChI is InChI=1S/C14H21NO2/c1-10(14(2,3)16-4)15-12-5-6-13-11(9-12)7-8-17-13/h5-6,9-10,15H,7-8H2,1-4H3. The maximum absolute atomic E-state index is 5.49. The molecule has 0 radical (unpaired) electrons. The molecule has 0 spiro atoms. The van der Waals surface area contributed by atoms with Crippen LogP contribution in [0.25, 0.3) is 0 Å². The van der Waals surface area contributed by atoms with E-state index in [1.807, 2.05) is 6.07 Å². The summed E-state index contributed by atoms with van der Waals surface area (Å²) in [5, 5.41) is 3.48. The topological polar surface area (TPSA) is 30.5 Å². The third-order valence-corrected chi connectivity index (χ3v) is 3.64. The molecule has 0 saturated heterocycles. The minimum atomic E-state index is -0.185. The van der Waals surface area contributed by atoms with Crippen molar-refractivity contribution in [1.29, 1.82) is 0 Å². The van der Waals surface area contributed by atoms with Gasteiger partial charge in [-0.1, -0.05) is 0 Å². The van der Waals surface area contributed by atoms with Gasteiger partial charge in [0.05, 0.1) is 18.2 Å². The van der Waals surface area contributed by atoms with Crippen molar-refractivity contribution in [2.24, 2.45) is 0 Å². The summed E-state index contributed by atoms with van der Waals surface area (Å²) in [4.78, 5) is 0. The maximum Gasteiger partial charge on any atom is 0.122 e. The predicted molar refractivity (Wildman–Crippen MR) is 69.8 cm³/mol. The molecule has 0 fully saturated rings. The summed E-state index contributed by atoms with van der Waals surface area (Å²) in [6, 6.07) is 6.52. The molecule has 1 aromatic rings. The van der Waals surface area contributed by atoms with Crippen molar-refractivity contribution < 1.29 is 9.47 Å². The molecule has 0 saturated carbocycles. The van der Waals surface area contributed by atoms with Crippen LogP contribution < -0.4 is 10.1 Å². The number of methoxy groups -OCH3 is 1. The fourth-order valence-electron chi connectivity index (χ4n) is 1.88. The zero-order valence-corrected chi connectivity index (χ0v) is 11.0. The van der Waals surface area contributed by atoms with Crippen LogP contribution in [0.3, 0.4) is 0 Å². The first-order valence-electron chi connectivity index (χ1n) is 6.10. The number of hydrogen-bond acceptors (Lipinski definition) is 3. The molecule has 0 aromatic heterocycles. The number of fused-ring (bicyclic) bond motifs is 1. The molecule has 0 aliphatic carbocycles. The summed E-state index contributed by atoms with van der Waals surface area (Å²) in [6.45, 7) is 7.10. The number of nitrogens with one attached hydrogen (secondary N) is 1. The first-order chi connectivity index (χ1) is 8.03. The number of hydrogen-bond donors (Lipinski definition) is 1. The summed E-state index contributed by atoms with van der Waals surface area (Å²) < 4.78 is 11.0. The highest BCUT2D eigenvalue weighted by Crippen LogP contribution is 2.29. The molecule has 3 nitrogen and oxygen atoms in total. The highest BCUT2D eigenvalue weighted by Gasteiger charge is 2.25. The van der Waals surface area contributed by atoms with Crippen LogP contribution in [-0.2, 0) is 11.2 Å². The van der Waals surface area contributed by atoms with Crippen LogP contribution in [0.5, 0.6) is 5.75 Å². The lowest BCUT2D eigenvalue weighted by atomic mass is 10.00. The van der Waals surface area contributed by atoms with E-state index in [-0.39, 0.29) is 11.6 Å². The lowest BCUT2D eigenvalue weighted by Gasteiger charge is -2.31. The molecule has 1 aromatic carbocycles. The second-order valence-corrected chi connectivity index (χ2v) is 5.09. The monoisotopic (exact) mass is 235 g/mol. The van der Waals surface area contributed by atoms with Crippen molar-refractivity contribution in [3.63, 3.8) is 0 Å². The van der Waals surface area contributed by atoms with Crippen LogP contribution in [0.2, 0.25) is 0 Å². The average molecular weight is 235 g/mol. The zero-order valence-electron chi connectivity index (χ0n) is 11.0. The van der Waals surface area contributed by atoms with E-state index in [1.165, 1.54) is 5.56 Å². The Kier molecular flexibility index (Phi) is 3.29. The number of benzene rings is 1.